The fraction of sp³-hybridized carbons (Fsp3) is 0.375. The lowest BCUT2D eigenvalue weighted by atomic mass is 10.0. The summed E-state index contributed by atoms with van der Waals surface area (Å²) >= 11 is 0. The Morgan fingerprint density at radius 3 is 2.44 bits per heavy atom. The highest BCUT2D eigenvalue weighted by Crippen LogP contribution is 2.20. The third-order valence-electron chi connectivity index (χ3n) is 2.95. The fourth-order valence-corrected chi connectivity index (χ4v) is 1.88. The van der Waals surface area contributed by atoms with Gasteiger partial charge in [-0.15, -0.1) is 0 Å². The van der Waals surface area contributed by atoms with E-state index in [0.29, 0.717) is 5.92 Å². The van der Waals surface area contributed by atoms with E-state index in [0.717, 1.165) is 6.61 Å². The van der Waals surface area contributed by atoms with Crippen LogP contribution in [0.4, 0.5) is 0 Å². The molecule has 0 bridgehead atoms. The molecule has 0 spiro atoms. The lowest BCUT2D eigenvalue weighted by Gasteiger charge is -2.15. The predicted octanol–water partition coefficient (Wildman–Crippen LogP) is 4.08. The lowest BCUT2D eigenvalue weighted by Crippen LogP contribution is -2.21. The maximum absolute atomic E-state index is 5.47. The highest BCUT2D eigenvalue weighted by molar-refractivity contribution is 5.83. The minimum Gasteiger partial charge on any atom is -0.301 e. The van der Waals surface area contributed by atoms with Gasteiger partial charge in [0.2, 0.25) is 0 Å². The zero-order chi connectivity index (χ0) is 13.0. The van der Waals surface area contributed by atoms with E-state index < -0.39 is 0 Å². The number of hydroxylamine groups is 1. The van der Waals surface area contributed by atoms with E-state index in [4.69, 9.17) is 4.84 Å². The Kier molecular flexibility index (Phi) is 4.34. The number of fused-ring (bicyclic) bond motifs is 1. The summed E-state index contributed by atoms with van der Waals surface area (Å²) in [5.41, 5.74) is 4.34. The highest BCUT2D eigenvalue weighted by atomic mass is 16.6. The minimum absolute atomic E-state index is 0.202. The lowest BCUT2D eigenvalue weighted by molar-refractivity contribution is 0.00412. The molecule has 0 heterocycles. The monoisotopic (exact) mass is 243 g/mol. The molecular formula is C16H21NO. The molecule has 1 unspecified atom stereocenters. The number of hydrogen-bond donors (Lipinski definition) is 1. The van der Waals surface area contributed by atoms with Gasteiger partial charge in [-0.1, -0.05) is 50.2 Å². The van der Waals surface area contributed by atoms with E-state index in [9.17, 15) is 0 Å². The van der Waals surface area contributed by atoms with Gasteiger partial charge in [-0.25, -0.2) is 0 Å². The van der Waals surface area contributed by atoms with E-state index in [1.165, 1.54) is 16.3 Å². The van der Waals surface area contributed by atoms with Crippen molar-refractivity contribution < 1.29 is 4.84 Å². The van der Waals surface area contributed by atoms with E-state index in [1.807, 2.05) is 0 Å². The Morgan fingerprint density at radius 2 is 1.72 bits per heavy atom. The van der Waals surface area contributed by atoms with E-state index in [1.54, 1.807) is 0 Å². The average molecular weight is 243 g/mol. The molecule has 2 nitrogen and oxygen atoms in total. The zero-order valence-electron chi connectivity index (χ0n) is 11.3. The molecule has 1 atom stereocenters. The van der Waals surface area contributed by atoms with Crippen LogP contribution >= 0.6 is 0 Å². The molecule has 0 radical (unpaired) electrons. The largest absolute Gasteiger partial charge is 0.301 e. The number of hydrogen-bond acceptors (Lipinski definition) is 2. The van der Waals surface area contributed by atoms with Crippen LogP contribution in [0.5, 0.6) is 0 Å². The van der Waals surface area contributed by atoms with Gasteiger partial charge in [0.15, 0.2) is 0 Å². The van der Waals surface area contributed by atoms with Gasteiger partial charge >= 0.3 is 0 Å². The molecule has 1 N–H and O–H groups in total. The SMILES string of the molecule is CC(C)CONC(C)c1ccc2ccccc2c1. The predicted molar refractivity (Wildman–Crippen MR) is 76.3 cm³/mol. The first-order valence-electron chi connectivity index (χ1n) is 6.53. The topological polar surface area (TPSA) is 21.3 Å². The summed E-state index contributed by atoms with van der Waals surface area (Å²) in [6.07, 6.45) is 0. The summed E-state index contributed by atoms with van der Waals surface area (Å²) in [5.74, 6) is 0.543. The molecule has 2 rings (SSSR count). The van der Waals surface area contributed by atoms with Crippen LogP contribution in [0.1, 0.15) is 32.4 Å². The molecular weight excluding hydrogens is 222 g/mol. The van der Waals surface area contributed by atoms with E-state index in [2.05, 4.69) is 68.7 Å². The van der Waals surface area contributed by atoms with E-state index >= 15 is 0 Å². The molecule has 0 amide bonds. The molecule has 2 aromatic rings. The van der Waals surface area contributed by atoms with E-state index in [-0.39, 0.29) is 6.04 Å². The molecule has 0 aliphatic heterocycles. The standard InChI is InChI=1S/C16H21NO/c1-12(2)11-18-17-13(3)15-9-8-14-6-4-5-7-16(14)10-15/h4-10,12-13,17H,11H2,1-3H3. The molecule has 0 saturated carbocycles. The molecule has 2 heteroatoms. The number of nitrogens with one attached hydrogen (secondary N) is 1. The van der Waals surface area contributed by atoms with Crippen LogP contribution in [0.2, 0.25) is 0 Å². The van der Waals surface area contributed by atoms with Gasteiger partial charge in [-0.2, -0.15) is 5.48 Å². The van der Waals surface area contributed by atoms with Crippen LogP contribution in [-0.2, 0) is 4.84 Å². The van der Waals surface area contributed by atoms with Gasteiger partial charge in [-0.3, -0.25) is 0 Å². The van der Waals surface area contributed by atoms with Gasteiger partial charge < -0.3 is 4.84 Å². The van der Waals surface area contributed by atoms with Crippen molar-refractivity contribution in [3.8, 4) is 0 Å². The summed E-state index contributed by atoms with van der Waals surface area (Å²) in [6.45, 7) is 7.13. The summed E-state index contributed by atoms with van der Waals surface area (Å²) in [4.78, 5) is 5.47. The Morgan fingerprint density at radius 1 is 1.00 bits per heavy atom. The summed E-state index contributed by atoms with van der Waals surface area (Å²) in [6, 6.07) is 15.1. The fourth-order valence-electron chi connectivity index (χ4n) is 1.88. The van der Waals surface area contributed by atoms with Gasteiger partial charge in [0.1, 0.15) is 0 Å². The smallest absolute Gasteiger partial charge is 0.0705 e. The van der Waals surface area contributed by atoms with Crippen LogP contribution in [0.25, 0.3) is 10.8 Å². The van der Waals surface area contributed by atoms with Crippen LogP contribution in [0.15, 0.2) is 42.5 Å². The Balaban J connectivity index is 2.06. The highest BCUT2D eigenvalue weighted by Gasteiger charge is 2.06. The van der Waals surface area contributed by atoms with Gasteiger partial charge in [0.25, 0.3) is 0 Å². The van der Waals surface area contributed by atoms with Crippen molar-refractivity contribution in [2.45, 2.75) is 26.8 Å². The van der Waals surface area contributed by atoms with Crippen LogP contribution < -0.4 is 5.48 Å². The average Bonchev–Trinajstić information content (AvgIpc) is 2.37. The van der Waals surface area contributed by atoms with Crippen molar-refractivity contribution >= 4 is 10.8 Å². The second kappa shape index (κ2) is 5.98. The van der Waals surface area contributed by atoms with Crippen molar-refractivity contribution in [1.82, 2.24) is 5.48 Å². The summed E-state index contributed by atoms with van der Waals surface area (Å²) < 4.78 is 0. The quantitative estimate of drug-likeness (QED) is 0.799. The maximum atomic E-state index is 5.47. The maximum Gasteiger partial charge on any atom is 0.0705 e. The third-order valence-corrected chi connectivity index (χ3v) is 2.95. The van der Waals surface area contributed by atoms with Crippen molar-refractivity contribution in [1.29, 1.82) is 0 Å². The normalized spacial score (nSPS) is 13.1. The Hall–Kier alpha value is -1.38. The molecule has 0 saturated heterocycles. The molecule has 18 heavy (non-hydrogen) atoms. The summed E-state index contributed by atoms with van der Waals surface area (Å²) in [5, 5.41) is 2.55. The second-order valence-corrected chi connectivity index (χ2v) is 5.15. The Labute approximate surface area is 109 Å². The first-order chi connectivity index (χ1) is 8.66. The summed E-state index contributed by atoms with van der Waals surface area (Å²) in [7, 11) is 0. The molecule has 0 aromatic heterocycles. The first kappa shape index (κ1) is 13.1. The second-order valence-electron chi connectivity index (χ2n) is 5.15. The van der Waals surface area contributed by atoms with Crippen LogP contribution in [0, 0.1) is 5.92 Å². The number of benzene rings is 2. The first-order valence-corrected chi connectivity index (χ1v) is 6.53. The molecule has 2 aromatic carbocycles. The van der Waals surface area contributed by atoms with Crippen LogP contribution in [-0.4, -0.2) is 6.61 Å². The molecule has 0 aliphatic carbocycles. The van der Waals surface area contributed by atoms with Crippen molar-refractivity contribution in [3.05, 3.63) is 48.0 Å². The molecule has 96 valence electrons. The Bertz CT molecular complexity index is 507. The van der Waals surface area contributed by atoms with Gasteiger partial charge in [0.05, 0.1) is 12.6 Å². The van der Waals surface area contributed by atoms with Gasteiger partial charge in [0, 0.05) is 0 Å². The van der Waals surface area contributed by atoms with Crippen molar-refractivity contribution in [2.24, 2.45) is 5.92 Å². The minimum atomic E-state index is 0.202. The van der Waals surface area contributed by atoms with Crippen molar-refractivity contribution in [3.63, 3.8) is 0 Å². The number of rotatable bonds is 5. The third kappa shape index (κ3) is 3.31. The van der Waals surface area contributed by atoms with Gasteiger partial charge in [-0.05, 0) is 35.2 Å². The molecule has 0 aliphatic rings. The van der Waals surface area contributed by atoms with Crippen LogP contribution in [0.3, 0.4) is 0 Å². The molecule has 0 fully saturated rings. The van der Waals surface area contributed by atoms with Crippen molar-refractivity contribution in [2.75, 3.05) is 6.61 Å². The zero-order valence-corrected chi connectivity index (χ0v) is 11.3.